The van der Waals surface area contributed by atoms with E-state index in [0.717, 1.165) is 0 Å². The van der Waals surface area contributed by atoms with Crippen LogP contribution in [0.3, 0.4) is 0 Å². The second-order valence-electron chi connectivity index (χ2n) is 7.40. The molecule has 4 heterocycles. The summed E-state index contributed by atoms with van der Waals surface area (Å²) in [6.45, 7) is 2.05. The van der Waals surface area contributed by atoms with E-state index in [1.54, 1.807) is 21.9 Å². The summed E-state index contributed by atoms with van der Waals surface area (Å²) in [4.78, 5) is 47.6. The van der Waals surface area contributed by atoms with Crippen LogP contribution in [0.15, 0.2) is 29.3 Å². The highest BCUT2D eigenvalue weighted by molar-refractivity contribution is 6.00. The van der Waals surface area contributed by atoms with Crippen molar-refractivity contribution >= 4 is 17.5 Å². The molecule has 9 heteroatoms. The number of aromatic amines is 1. The third-order valence-corrected chi connectivity index (χ3v) is 5.63. The lowest BCUT2D eigenvalue weighted by Crippen LogP contribution is -2.42. The summed E-state index contributed by atoms with van der Waals surface area (Å²) in [5.41, 5.74) is 1.81. The maximum atomic E-state index is 13.0. The third kappa shape index (κ3) is 3.12. The van der Waals surface area contributed by atoms with E-state index in [-0.39, 0.29) is 23.8 Å². The van der Waals surface area contributed by atoms with Crippen molar-refractivity contribution in [1.82, 2.24) is 14.9 Å². The number of nitrogens with zero attached hydrogens (tertiary/aromatic N) is 3. The Kier molecular flexibility index (Phi) is 4.22. The number of hydrogen-bond acceptors (Lipinski definition) is 6. The number of benzene rings is 1. The van der Waals surface area contributed by atoms with Gasteiger partial charge in [-0.05, 0) is 18.6 Å². The molecule has 1 N–H and O–H groups in total. The molecule has 0 saturated carbocycles. The van der Waals surface area contributed by atoms with Gasteiger partial charge in [-0.3, -0.25) is 14.4 Å². The molecule has 1 aromatic heterocycles. The first kappa shape index (κ1) is 17.7. The van der Waals surface area contributed by atoms with Crippen LogP contribution in [0.2, 0.25) is 0 Å². The summed E-state index contributed by atoms with van der Waals surface area (Å²) in [6, 6.07) is 5.38. The minimum atomic E-state index is -0.417. The van der Waals surface area contributed by atoms with Gasteiger partial charge in [-0.25, -0.2) is 4.98 Å². The lowest BCUT2D eigenvalue weighted by Gasteiger charge is -2.29. The van der Waals surface area contributed by atoms with Crippen molar-refractivity contribution in [3.63, 3.8) is 0 Å². The summed E-state index contributed by atoms with van der Waals surface area (Å²) < 4.78 is 11.1. The van der Waals surface area contributed by atoms with Crippen LogP contribution >= 0.6 is 0 Å². The second-order valence-corrected chi connectivity index (χ2v) is 7.40. The number of carbonyl (C=O) groups excluding carboxylic acids is 2. The molecular formula is C20H20N4O5. The summed E-state index contributed by atoms with van der Waals surface area (Å²) in [5, 5.41) is 0. The largest absolute Gasteiger partial charge is 0.486 e. The Labute approximate surface area is 166 Å². The molecule has 5 rings (SSSR count). The zero-order chi connectivity index (χ0) is 20.0. The van der Waals surface area contributed by atoms with E-state index in [1.807, 2.05) is 6.07 Å². The molecule has 29 heavy (non-hydrogen) atoms. The highest BCUT2D eigenvalue weighted by Crippen LogP contribution is 2.36. The van der Waals surface area contributed by atoms with Crippen molar-refractivity contribution in [2.24, 2.45) is 5.92 Å². The van der Waals surface area contributed by atoms with Crippen LogP contribution in [-0.2, 0) is 22.6 Å². The number of fused-ring (bicyclic) bond motifs is 2. The molecule has 0 aliphatic carbocycles. The Bertz CT molecular complexity index is 1050. The molecule has 3 aliphatic rings. The van der Waals surface area contributed by atoms with Crippen molar-refractivity contribution in [3.8, 4) is 11.5 Å². The van der Waals surface area contributed by atoms with Crippen LogP contribution in [0.25, 0.3) is 0 Å². The van der Waals surface area contributed by atoms with Gasteiger partial charge in [-0.2, -0.15) is 0 Å². The Hall–Kier alpha value is -3.36. The fourth-order valence-electron chi connectivity index (χ4n) is 4.13. The van der Waals surface area contributed by atoms with Crippen LogP contribution in [0, 0.1) is 5.92 Å². The van der Waals surface area contributed by atoms with Gasteiger partial charge in [-0.1, -0.05) is 0 Å². The van der Waals surface area contributed by atoms with Gasteiger partial charge in [0.25, 0.3) is 5.56 Å². The van der Waals surface area contributed by atoms with E-state index in [0.29, 0.717) is 67.7 Å². The number of rotatable bonds is 2. The highest BCUT2D eigenvalue weighted by Gasteiger charge is 2.38. The standard InChI is InChI=1S/C20H20N4O5/c25-18-7-12(9-24(18)13-1-2-16-17(8-13)29-6-5-28-16)20(27)23-4-3-14-15(10-23)21-11-22-19(14)26/h1-2,8,11-12H,3-7,9-10H2,(H,21,22,26). The second kappa shape index (κ2) is 6.91. The average molecular weight is 396 g/mol. The molecule has 0 bridgehead atoms. The smallest absolute Gasteiger partial charge is 0.254 e. The van der Waals surface area contributed by atoms with Crippen LogP contribution in [0.1, 0.15) is 17.7 Å². The molecule has 1 fully saturated rings. The van der Waals surface area contributed by atoms with E-state index in [4.69, 9.17) is 9.47 Å². The number of aromatic nitrogens is 2. The van der Waals surface area contributed by atoms with Crippen molar-refractivity contribution in [2.45, 2.75) is 19.4 Å². The zero-order valence-corrected chi connectivity index (χ0v) is 15.7. The van der Waals surface area contributed by atoms with E-state index in [2.05, 4.69) is 9.97 Å². The normalized spacial score (nSPS) is 20.6. The molecule has 150 valence electrons. The van der Waals surface area contributed by atoms with Gasteiger partial charge >= 0.3 is 0 Å². The fraction of sp³-hybridized carbons (Fsp3) is 0.400. The number of ether oxygens (including phenoxy) is 2. The molecule has 1 saturated heterocycles. The predicted octanol–water partition coefficient (Wildman–Crippen LogP) is 0.479. The topological polar surface area (TPSA) is 105 Å². The van der Waals surface area contributed by atoms with Gasteiger partial charge < -0.3 is 24.3 Å². The van der Waals surface area contributed by atoms with E-state index >= 15 is 0 Å². The molecule has 1 aromatic carbocycles. The van der Waals surface area contributed by atoms with Gasteiger partial charge in [0, 0.05) is 36.8 Å². The first-order valence-corrected chi connectivity index (χ1v) is 9.64. The van der Waals surface area contributed by atoms with E-state index < -0.39 is 5.92 Å². The molecule has 2 amide bonds. The summed E-state index contributed by atoms with van der Waals surface area (Å²) >= 11 is 0. The number of H-pyrrole nitrogens is 1. The minimum absolute atomic E-state index is 0.0777. The monoisotopic (exact) mass is 396 g/mol. The molecule has 3 aliphatic heterocycles. The van der Waals surface area contributed by atoms with Gasteiger partial charge in [0.1, 0.15) is 13.2 Å². The number of carbonyl (C=O) groups is 2. The lowest BCUT2D eigenvalue weighted by molar-refractivity contribution is -0.136. The van der Waals surface area contributed by atoms with Crippen molar-refractivity contribution in [2.75, 3.05) is 31.2 Å². The maximum absolute atomic E-state index is 13.0. The first-order valence-electron chi connectivity index (χ1n) is 9.64. The number of nitrogens with one attached hydrogen (secondary N) is 1. The average Bonchev–Trinajstić information content (AvgIpc) is 3.14. The lowest BCUT2D eigenvalue weighted by atomic mass is 10.0. The Morgan fingerprint density at radius 1 is 1.17 bits per heavy atom. The van der Waals surface area contributed by atoms with Gasteiger partial charge in [0.15, 0.2) is 11.5 Å². The summed E-state index contributed by atoms with van der Waals surface area (Å²) in [5.74, 6) is 0.686. The summed E-state index contributed by atoms with van der Waals surface area (Å²) in [6.07, 6.45) is 1.99. The summed E-state index contributed by atoms with van der Waals surface area (Å²) in [7, 11) is 0. The molecule has 2 aromatic rings. The minimum Gasteiger partial charge on any atom is -0.486 e. The maximum Gasteiger partial charge on any atom is 0.254 e. The van der Waals surface area contributed by atoms with Gasteiger partial charge in [0.05, 0.1) is 24.5 Å². The van der Waals surface area contributed by atoms with Crippen LogP contribution in [0.5, 0.6) is 11.5 Å². The predicted molar refractivity (Wildman–Crippen MR) is 102 cm³/mol. The van der Waals surface area contributed by atoms with Crippen molar-refractivity contribution < 1.29 is 19.1 Å². The number of amides is 2. The zero-order valence-electron chi connectivity index (χ0n) is 15.7. The molecular weight excluding hydrogens is 376 g/mol. The highest BCUT2D eigenvalue weighted by atomic mass is 16.6. The number of hydrogen-bond donors (Lipinski definition) is 1. The van der Waals surface area contributed by atoms with E-state index in [1.165, 1.54) is 6.33 Å². The Morgan fingerprint density at radius 3 is 2.86 bits per heavy atom. The molecule has 0 radical (unpaired) electrons. The Balaban J connectivity index is 1.31. The molecule has 9 nitrogen and oxygen atoms in total. The van der Waals surface area contributed by atoms with Crippen LogP contribution in [-0.4, -0.2) is 53.0 Å². The Morgan fingerprint density at radius 2 is 2.00 bits per heavy atom. The van der Waals surface area contributed by atoms with Gasteiger partial charge in [0.2, 0.25) is 11.8 Å². The number of anilines is 1. The van der Waals surface area contributed by atoms with Crippen molar-refractivity contribution in [1.29, 1.82) is 0 Å². The SMILES string of the molecule is O=C(C1CC(=O)N(c2ccc3c(c2)OCCO3)C1)N1CCc2c(nc[nH]c2=O)C1. The van der Waals surface area contributed by atoms with Crippen LogP contribution in [0.4, 0.5) is 5.69 Å². The quantitative estimate of drug-likeness (QED) is 0.792. The fourth-order valence-corrected chi connectivity index (χ4v) is 4.13. The van der Waals surface area contributed by atoms with E-state index in [9.17, 15) is 14.4 Å². The molecule has 1 unspecified atom stereocenters. The molecule has 0 spiro atoms. The van der Waals surface area contributed by atoms with Gasteiger partial charge in [-0.15, -0.1) is 0 Å². The molecule has 1 atom stereocenters. The van der Waals surface area contributed by atoms with Crippen molar-refractivity contribution in [3.05, 3.63) is 46.1 Å². The first-order chi connectivity index (χ1) is 14.1. The van der Waals surface area contributed by atoms with Crippen LogP contribution < -0.4 is 19.9 Å². The third-order valence-electron chi connectivity index (χ3n) is 5.63.